The summed E-state index contributed by atoms with van der Waals surface area (Å²) >= 11 is 1.39. The number of allylic oxidation sites excluding steroid dienone is 1. The van der Waals surface area contributed by atoms with Gasteiger partial charge in [0.25, 0.3) is 0 Å². The molecule has 0 bridgehead atoms. The van der Waals surface area contributed by atoms with Gasteiger partial charge in [-0.1, -0.05) is 26.0 Å². The van der Waals surface area contributed by atoms with Crippen molar-refractivity contribution in [1.29, 1.82) is 5.26 Å². The summed E-state index contributed by atoms with van der Waals surface area (Å²) in [7, 11) is 0. The van der Waals surface area contributed by atoms with Crippen LogP contribution in [0, 0.1) is 17.1 Å². The summed E-state index contributed by atoms with van der Waals surface area (Å²) in [4.78, 5) is 4.50. The minimum atomic E-state index is -0.283. The molecule has 0 aliphatic heterocycles. The van der Waals surface area contributed by atoms with E-state index < -0.39 is 0 Å². The van der Waals surface area contributed by atoms with Crippen LogP contribution < -0.4 is 5.32 Å². The molecule has 0 spiro atoms. The van der Waals surface area contributed by atoms with E-state index in [1.54, 1.807) is 18.3 Å². The maximum Gasteiger partial charge on any atom is 0.136 e. The normalized spacial score (nSPS) is 11.4. The molecule has 0 atom stereocenters. The highest BCUT2D eigenvalue weighted by Crippen LogP contribution is 2.26. The lowest BCUT2D eigenvalue weighted by Crippen LogP contribution is -1.92. The van der Waals surface area contributed by atoms with Crippen LogP contribution in [0.1, 0.15) is 30.3 Å². The number of nitrogens with one attached hydrogen (secondary N) is 1. The Balaban J connectivity index is 1.77. The molecular formula is C21H18FN3S. The molecule has 2 aromatic carbocycles. The van der Waals surface area contributed by atoms with Gasteiger partial charge in [0.1, 0.15) is 22.5 Å². The van der Waals surface area contributed by atoms with Crippen molar-refractivity contribution in [2.45, 2.75) is 19.8 Å². The van der Waals surface area contributed by atoms with Crippen molar-refractivity contribution in [3.63, 3.8) is 0 Å². The fourth-order valence-corrected chi connectivity index (χ4v) is 3.21. The van der Waals surface area contributed by atoms with Gasteiger partial charge < -0.3 is 5.32 Å². The largest absolute Gasteiger partial charge is 0.360 e. The third kappa shape index (κ3) is 4.16. The Bertz CT molecular complexity index is 948. The molecule has 1 N–H and O–H groups in total. The summed E-state index contributed by atoms with van der Waals surface area (Å²) in [6.07, 6.45) is 1.66. The highest BCUT2D eigenvalue weighted by atomic mass is 32.1. The first-order chi connectivity index (χ1) is 12.6. The molecule has 0 aliphatic carbocycles. The summed E-state index contributed by atoms with van der Waals surface area (Å²) in [5.41, 5.74) is 4.19. The van der Waals surface area contributed by atoms with Crippen molar-refractivity contribution < 1.29 is 4.39 Å². The molecule has 3 nitrogen and oxygen atoms in total. The highest BCUT2D eigenvalue weighted by Gasteiger charge is 2.09. The number of hydrogen-bond donors (Lipinski definition) is 1. The van der Waals surface area contributed by atoms with Crippen LogP contribution in [0.15, 0.2) is 60.1 Å². The average molecular weight is 363 g/mol. The van der Waals surface area contributed by atoms with E-state index >= 15 is 0 Å². The first kappa shape index (κ1) is 17.8. The molecule has 0 unspecified atom stereocenters. The third-order valence-electron chi connectivity index (χ3n) is 3.96. The Hall–Kier alpha value is -2.97. The monoisotopic (exact) mass is 363 g/mol. The predicted molar refractivity (Wildman–Crippen MR) is 105 cm³/mol. The Morgan fingerprint density at radius 2 is 1.85 bits per heavy atom. The SMILES string of the molecule is CC(C)c1ccc(NC=C(C#N)c2nc(-c3ccc(F)cc3)cs2)cc1. The molecule has 3 aromatic rings. The molecule has 0 amide bonds. The molecule has 26 heavy (non-hydrogen) atoms. The molecule has 3 rings (SSSR count). The minimum Gasteiger partial charge on any atom is -0.360 e. The molecule has 0 fully saturated rings. The Morgan fingerprint density at radius 1 is 1.15 bits per heavy atom. The first-order valence-corrected chi connectivity index (χ1v) is 9.13. The van der Waals surface area contributed by atoms with Crippen LogP contribution in [0.3, 0.4) is 0 Å². The Kier molecular flexibility index (Phi) is 5.45. The number of thiazole rings is 1. The molecule has 130 valence electrons. The summed E-state index contributed by atoms with van der Waals surface area (Å²) in [6, 6.07) is 16.5. The second-order valence-electron chi connectivity index (χ2n) is 6.14. The van der Waals surface area contributed by atoms with Gasteiger partial charge >= 0.3 is 0 Å². The van der Waals surface area contributed by atoms with Gasteiger partial charge in [0.15, 0.2) is 0 Å². The van der Waals surface area contributed by atoms with E-state index in [0.717, 1.165) is 16.9 Å². The zero-order valence-electron chi connectivity index (χ0n) is 14.5. The lowest BCUT2D eigenvalue weighted by atomic mass is 10.0. The molecule has 0 saturated carbocycles. The van der Waals surface area contributed by atoms with Crippen LogP contribution in [-0.2, 0) is 0 Å². The van der Waals surface area contributed by atoms with Gasteiger partial charge in [-0.25, -0.2) is 9.37 Å². The van der Waals surface area contributed by atoms with E-state index in [4.69, 9.17) is 0 Å². The molecular weight excluding hydrogens is 345 g/mol. The fourth-order valence-electron chi connectivity index (χ4n) is 2.41. The molecule has 0 saturated heterocycles. The van der Waals surface area contributed by atoms with E-state index in [-0.39, 0.29) is 5.82 Å². The fraction of sp³-hybridized carbons (Fsp3) is 0.143. The number of nitriles is 1. The maximum absolute atomic E-state index is 13.0. The average Bonchev–Trinajstić information content (AvgIpc) is 3.13. The van der Waals surface area contributed by atoms with Crippen molar-refractivity contribution in [1.82, 2.24) is 4.98 Å². The molecule has 0 radical (unpaired) electrons. The van der Waals surface area contributed by atoms with Crippen molar-refractivity contribution >= 4 is 22.6 Å². The summed E-state index contributed by atoms with van der Waals surface area (Å²) in [5.74, 6) is 0.198. The van der Waals surface area contributed by atoms with Crippen LogP contribution in [-0.4, -0.2) is 4.98 Å². The molecule has 5 heteroatoms. The number of hydrogen-bond acceptors (Lipinski definition) is 4. The third-order valence-corrected chi connectivity index (χ3v) is 4.83. The molecule has 1 aromatic heterocycles. The number of benzene rings is 2. The summed E-state index contributed by atoms with van der Waals surface area (Å²) in [6.45, 7) is 4.30. The Morgan fingerprint density at radius 3 is 2.46 bits per heavy atom. The van der Waals surface area contributed by atoms with Gasteiger partial charge in [-0.15, -0.1) is 11.3 Å². The van der Waals surface area contributed by atoms with Crippen molar-refractivity contribution in [3.8, 4) is 17.3 Å². The first-order valence-electron chi connectivity index (χ1n) is 8.25. The molecule has 0 aliphatic rings. The lowest BCUT2D eigenvalue weighted by molar-refractivity contribution is 0.628. The lowest BCUT2D eigenvalue weighted by Gasteiger charge is -2.06. The standard InChI is InChI=1S/C21H18FN3S/c1-14(2)15-5-9-19(10-6-15)24-12-17(11-23)21-25-20(13-26-21)16-3-7-18(22)8-4-16/h3-10,12-14,24H,1-2H3. The number of rotatable bonds is 5. The van der Waals surface area contributed by atoms with E-state index in [0.29, 0.717) is 16.5 Å². The second kappa shape index (κ2) is 7.94. The van der Waals surface area contributed by atoms with Crippen LogP contribution in [0.2, 0.25) is 0 Å². The van der Waals surface area contributed by atoms with Crippen molar-refractivity contribution in [3.05, 3.63) is 76.5 Å². The molecule has 1 heterocycles. The zero-order chi connectivity index (χ0) is 18.5. The van der Waals surface area contributed by atoms with Crippen molar-refractivity contribution in [2.24, 2.45) is 0 Å². The topological polar surface area (TPSA) is 48.7 Å². The number of aromatic nitrogens is 1. The van der Waals surface area contributed by atoms with E-state index in [9.17, 15) is 9.65 Å². The van der Waals surface area contributed by atoms with Gasteiger partial charge in [0.05, 0.1) is 5.69 Å². The summed E-state index contributed by atoms with van der Waals surface area (Å²) < 4.78 is 13.0. The van der Waals surface area contributed by atoms with Gasteiger partial charge in [0, 0.05) is 22.8 Å². The van der Waals surface area contributed by atoms with Crippen LogP contribution in [0.25, 0.3) is 16.8 Å². The van der Waals surface area contributed by atoms with Crippen molar-refractivity contribution in [2.75, 3.05) is 5.32 Å². The second-order valence-corrected chi connectivity index (χ2v) is 6.99. The smallest absolute Gasteiger partial charge is 0.136 e. The number of nitrogens with zero attached hydrogens (tertiary/aromatic N) is 2. The van der Waals surface area contributed by atoms with E-state index in [1.807, 2.05) is 17.5 Å². The van der Waals surface area contributed by atoms with Crippen LogP contribution >= 0.6 is 11.3 Å². The van der Waals surface area contributed by atoms with Gasteiger partial charge in [-0.3, -0.25) is 0 Å². The van der Waals surface area contributed by atoms with Crippen LogP contribution in [0.5, 0.6) is 0 Å². The zero-order valence-corrected chi connectivity index (χ0v) is 15.3. The predicted octanol–water partition coefficient (Wildman–Crippen LogP) is 6.05. The van der Waals surface area contributed by atoms with Gasteiger partial charge in [-0.05, 0) is 47.9 Å². The minimum absolute atomic E-state index is 0.283. The van der Waals surface area contributed by atoms with E-state index in [2.05, 4.69) is 42.4 Å². The highest BCUT2D eigenvalue weighted by molar-refractivity contribution is 7.11. The number of anilines is 1. The van der Waals surface area contributed by atoms with E-state index in [1.165, 1.54) is 29.0 Å². The quantitative estimate of drug-likeness (QED) is 0.561. The van der Waals surface area contributed by atoms with Crippen LogP contribution in [0.4, 0.5) is 10.1 Å². The Labute approximate surface area is 156 Å². The van der Waals surface area contributed by atoms with Gasteiger partial charge in [-0.2, -0.15) is 5.26 Å². The summed E-state index contributed by atoms with van der Waals surface area (Å²) in [5, 5.41) is 15.1. The maximum atomic E-state index is 13.0. The van der Waals surface area contributed by atoms with Gasteiger partial charge in [0.2, 0.25) is 0 Å². The number of halogens is 1.